The number of hydrogen-bond acceptors (Lipinski definition) is 7. The van der Waals surface area contributed by atoms with E-state index in [1.54, 1.807) is 22.7 Å². The highest BCUT2D eigenvalue weighted by molar-refractivity contribution is 7.14. The van der Waals surface area contributed by atoms with Crippen molar-refractivity contribution in [3.05, 3.63) is 22.7 Å². The second kappa shape index (κ2) is 8.22. The fourth-order valence-corrected chi connectivity index (χ4v) is 4.96. The SMILES string of the molecule is NC(=NCCc1csc(N2CCCC2)n1)N1CCN(c2nccs2)CC1. The Bertz CT molecular complexity index is 713. The Labute approximate surface area is 162 Å². The number of nitrogens with two attached hydrogens (primary N) is 1. The number of aliphatic imine (C=N–C) groups is 1. The van der Waals surface area contributed by atoms with E-state index in [1.165, 1.54) is 12.8 Å². The fourth-order valence-electron chi connectivity index (χ4n) is 3.35. The maximum atomic E-state index is 6.20. The molecule has 0 aliphatic carbocycles. The molecule has 2 fully saturated rings. The lowest BCUT2D eigenvalue weighted by molar-refractivity contribution is 0.380. The molecule has 0 bridgehead atoms. The lowest BCUT2D eigenvalue weighted by atomic mass is 10.3. The predicted molar refractivity (Wildman–Crippen MR) is 110 cm³/mol. The van der Waals surface area contributed by atoms with E-state index in [0.717, 1.165) is 61.6 Å². The third kappa shape index (κ3) is 4.09. The zero-order chi connectivity index (χ0) is 17.8. The van der Waals surface area contributed by atoms with Crippen LogP contribution in [-0.4, -0.2) is 66.6 Å². The molecule has 9 heteroatoms. The second-order valence-corrected chi connectivity index (χ2v) is 8.30. The lowest BCUT2D eigenvalue weighted by Gasteiger charge is -2.35. The van der Waals surface area contributed by atoms with Crippen molar-refractivity contribution in [1.82, 2.24) is 14.9 Å². The molecule has 0 atom stereocenters. The molecule has 2 aliphatic heterocycles. The van der Waals surface area contributed by atoms with Crippen molar-refractivity contribution in [2.45, 2.75) is 19.3 Å². The van der Waals surface area contributed by atoms with Gasteiger partial charge in [0.2, 0.25) is 0 Å². The average molecular weight is 392 g/mol. The smallest absolute Gasteiger partial charge is 0.191 e. The molecule has 4 heterocycles. The molecule has 0 radical (unpaired) electrons. The van der Waals surface area contributed by atoms with Crippen molar-refractivity contribution in [2.24, 2.45) is 10.7 Å². The van der Waals surface area contributed by atoms with Crippen LogP contribution in [0.1, 0.15) is 18.5 Å². The Morgan fingerprint density at radius 1 is 1.04 bits per heavy atom. The minimum absolute atomic E-state index is 0.652. The maximum absolute atomic E-state index is 6.20. The van der Waals surface area contributed by atoms with Gasteiger partial charge in [0, 0.05) is 69.2 Å². The van der Waals surface area contributed by atoms with Crippen molar-refractivity contribution in [2.75, 3.05) is 55.6 Å². The van der Waals surface area contributed by atoms with Crippen molar-refractivity contribution in [3.63, 3.8) is 0 Å². The average Bonchev–Trinajstić information content (AvgIpc) is 3.43. The molecule has 2 aliphatic rings. The quantitative estimate of drug-likeness (QED) is 0.620. The van der Waals surface area contributed by atoms with Gasteiger partial charge in [-0.2, -0.15) is 0 Å². The van der Waals surface area contributed by atoms with Gasteiger partial charge in [0.1, 0.15) is 0 Å². The minimum atomic E-state index is 0.652. The first-order chi connectivity index (χ1) is 12.8. The first-order valence-corrected chi connectivity index (χ1v) is 10.9. The molecule has 0 saturated carbocycles. The zero-order valence-corrected chi connectivity index (χ0v) is 16.5. The van der Waals surface area contributed by atoms with Crippen LogP contribution < -0.4 is 15.5 Å². The molecule has 0 aromatic carbocycles. The Morgan fingerprint density at radius 3 is 2.54 bits per heavy atom. The second-order valence-electron chi connectivity index (χ2n) is 6.59. The van der Waals surface area contributed by atoms with E-state index < -0.39 is 0 Å². The van der Waals surface area contributed by atoms with E-state index in [1.807, 2.05) is 11.6 Å². The van der Waals surface area contributed by atoms with Crippen LogP contribution in [0.15, 0.2) is 21.9 Å². The summed E-state index contributed by atoms with van der Waals surface area (Å²) >= 11 is 3.43. The highest BCUT2D eigenvalue weighted by Crippen LogP contribution is 2.24. The molecule has 2 saturated heterocycles. The highest BCUT2D eigenvalue weighted by Gasteiger charge is 2.20. The highest BCUT2D eigenvalue weighted by atomic mass is 32.1. The van der Waals surface area contributed by atoms with Crippen LogP contribution in [-0.2, 0) is 6.42 Å². The summed E-state index contributed by atoms with van der Waals surface area (Å²) < 4.78 is 0. The van der Waals surface area contributed by atoms with Crippen LogP contribution in [0.4, 0.5) is 10.3 Å². The molecule has 0 spiro atoms. The van der Waals surface area contributed by atoms with Gasteiger partial charge in [-0.3, -0.25) is 4.99 Å². The van der Waals surface area contributed by atoms with Crippen molar-refractivity contribution >= 4 is 38.9 Å². The van der Waals surface area contributed by atoms with Crippen LogP contribution in [0.2, 0.25) is 0 Å². The van der Waals surface area contributed by atoms with Gasteiger partial charge in [-0.1, -0.05) is 0 Å². The number of aromatic nitrogens is 2. The van der Waals surface area contributed by atoms with Crippen LogP contribution in [0, 0.1) is 0 Å². The number of piperazine rings is 1. The minimum Gasteiger partial charge on any atom is -0.370 e. The van der Waals surface area contributed by atoms with Gasteiger partial charge in [0.15, 0.2) is 16.2 Å². The third-order valence-electron chi connectivity index (χ3n) is 4.85. The van der Waals surface area contributed by atoms with E-state index in [2.05, 4.69) is 30.1 Å². The Hall–Kier alpha value is -1.87. The van der Waals surface area contributed by atoms with E-state index in [-0.39, 0.29) is 0 Å². The van der Waals surface area contributed by atoms with Crippen LogP contribution in [0.25, 0.3) is 0 Å². The third-order valence-corrected chi connectivity index (χ3v) is 6.63. The van der Waals surface area contributed by atoms with Gasteiger partial charge >= 0.3 is 0 Å². The summed E-state index contributed by atoms with van der Waals surface area (Å²) in [6, 6.07) is 0. The number of anilines is 2. The first kappa shape index (κ1) is 17.5. The van der Waals surface area contributed by atoms with Gasteiger partial charge in [0.25, 0.3) is 0 Å². The van der Waals surface area contributed by atoms with Gasteiger partial charge in [-0.15, -0.1) is 22.7 Å². The monoisotopic (exact) mass is 391 g/mol. The number of thiazole rings is 2. The Kier molecular flexibility index (Phi) is 5.54. The van der Waals surface area contributed by atoms with E-state index in [4.69, 9.17) is 10.7 Å². The molecule has 2 N–H and O–H groups in total. The Morgan fingerprint density at radius 2 is 1.81 bits per heavy atom. The standard InChI is InChI=1S/C17H25N7S2/c18-15(22-8-10-24(11-9-22)16-20-5-12-25-16)19-4-3-14-13-26-17(21-14)23-6-1-2-7-23/h5,12-13H,1-4,6-11H2,(H2,18,19). The predicted octanol–water partition coefficient (Wildman–Crippen LogP) is 1.88. The summed E-state index contributed by atoms with van der Waals surface area (Å²) in [5.41, 5.74) is 7.33. The summed E-state index contributed by atoms with van der Waals surface area (Å²) in [6.07, 6.45) is 5.27. The van der Waals surface area contributed by atoms with Crippen LogP contribution in [0.5, 0.6) is 0 Å². The molecule has 0 amide bonds. The molecule has 7 nitrogen and oxygen atoms in total. The molecular weight excluding hydrogens is 366 g/mol. The Balaban J connectivity index is 1.24. The summed E-state index contributed by atoms with van der Waals surface area (Å²) in [7, 11) is 0. The lowest BCUT2D eigenvalue weighted by Crippen LogP contribution is -2.51. The molecule has 4 rings (SSSR count). The van der Waals surface area contributed by atoms with Crippen molar-refractivity contribution < 1.29 is 0 Å². The van der Waals surface area contributed by atoms with Gasteiger partial charge in [0.05, 0.1) is 5.69 Å². The van der Waals surface area contributed by atoms with E-state index in [9.17, 15) is 0 Å². The summed E-state index contributed by atoms with van der Waals surface area (Å²) in [4.78, 5) is 20.6. The van der Waals surface area contributed by atoms with Crippen molar-refractivity contribution in [3.8, 4) is 0 Å². The van der Waals surface area contributed by atoms with Gasteiger partial charge in [-0.25, -0.2) is 9.97 Å². The fraction of sp³-hybridized carbons (Fsp3) is 0.588. The number of guanidine groups is 1. The zero-order valence-electron chi connectivity index (χ0n) is 14.9. The maximum Gasteiger partial charge on any atom is 0.191 e. The number of hydrogen-bond donors (Lipinski definition) is 1. The molecule has 26 heavy (non-hydrogen) atoms. The van der Waals surface area contributed by atoms with E-state index in [0.29, 0.717) is 12.5 Å². The van der Waals surface area contributed by atoms with Crippen LogP contribution >= 0.6 is 22.7 Å². The first-order valence-electron chi connectivity index (χ1n) is 9.18. The molecule has 140 valence electrons. The van der Waals surface area contributed by atoms with Gasteiger partial charge < -0.3 is 20.4 Å². The topological polar surface area (TPSA) is 73.9 Å². The molecule has 0 unspecified atom stereocenters. The largest absolute Gasteiger partial charge is 0.370 e. The van der Waals surface area contributed by atoms with Gasteiger partial charge in [-0.05, 0) is 12.8 Å². The summed E-state index contributed by atoms with van der Waals surface area (Å²) in [5.74, 6) is 0.652. The summed E-state index contributed by atoms with van der Waals surface area (Å²) in [5, 5.41) is 6.43. The van der Waals surface area contributed by atoms with Crippen molar-refractivity contribution in [1.29, 1.82) is 0 Å². The molecule has 2 aromatic heterocycles. The normalized spacial score (nSPS) is 18.8. The number of rotatable bonds is 5. The number of nitrogens with zero attached hydrogens (tertiary/aromatic N) is 6. The molecule has 2 aromatic rings. The summed E-state index contributed by atoms with van der Waals surface area (Å²) in [6.45, 7) is 6.65. The van der Waals surface area contributed by atoms with E-state index >= 15 is 0 Å². The molecular formula is C17H25N7S2. The van der Waals surface area contributed by atoms with Crippen LogP contribution in [0.3, 0.4) is 0 Å².